The van der Waals surface area contributed by atoms with Crippen molar-refractivity contribution in [2.24, 2.45) is 0 Å². The lowest BCUT2D eigenvalue weighted by atomic mass is 9.87. The van der Waals surface area contributed by atoms with Crippen LogP contribution in [0.5, 0.6) is 5.75 Å². The van der Waals surface area contributed by atoms with Crippen LogP contribution >= 0.6 is 41.6 Å². The summed E-state index contributed by atoms with van der Waals surface area (Å²) in [6.45, 7) is 7.81. The average Bonchev–Trinajstić information content (AvgIpc) is 2.82. The summed E-state index contributed by atoms with van der Waals surface area (Å²) in [4.78, 5) is 8.96. The van der Waals surface area contributed by atoms with Crippen LogP contribution in [-0.4, -0.2) is 46.6 Å². The summed E-state index contributed by atoms with van der Waals surface area (Å²) in [6.07, 6.45) is 3.82. The van der Waals surface area contributed by atoms with Crippen LogP contribution in [0.25, 0.3) is 0 Å². The number of benzene rings is 2. The molecule has 4 rings (SSSR count). The molecule has 2 aromatic carbocycles. The predicted octanol–water partition coefficient (Wildman–Crippen LogP) is 6.71. The molecule has 186 valence electrons. The molecule has 2 N–H and O–H groups in total. The highest BCUT2D eigenvalue weighted by Crippen LogP contribution is 2.40. The van der Waals surface area contributed by atoms with Crippen molar-refractivity contribution < 1.29 is 9.30 Å². The van der Waals surface area contributed by atoms with Gasteiger partial charge in [-0.25, -0.2) is 8.10 Å². The number of methoxy groups -OCH3 is 1. The topological polar surface area (TPSA) is 79.4 Å². The number of rotatable bonds is 7. The zero-order chi connectivity index (χ0) is 25.2. The van der Waals surface area contributed by atoms with Crippen molar-refractivity contribution in [3.8, 4) is 5.75 Å². The largest absolute Gasteiger partial charge is 0.495 e. The summed E-state index contributed by atoms with van der Waals surface area (Å²) in [5.74, 6) is 2.09. The first kappa shape index (κ1) is 26.2. The molecule has 0 unspecified atom stereocenters. The van der Waals surface area contributed by atoms with Gasteiger partial charge in [-0.3, -0.25) is 0 Å². The minimum absolute atomic E-state index is 0.368. The van der Waals surface area contributed by atoms with E-state index in [-0.39, 0.29) is 0 Å². The molecule has 0 amide bonds. The molecule has 0 spiro atoms. The highest BCUT2D eigenvalue weighted by Gasteiger charge is 2.23. The molecule has 1 aliphatic heterocycles. The molecular formula is C25H30ClIN5O2P. The summed E-state index contributed by atoms with van der Waals surface area (Å²) in [5, 5.41) is 7.64. The van der Waals surface area contributed by atoms with Crippen molar-refractivity contribution in [1.29, 1.82) is 0 Å². The molecule has 1 saturated heterocycles. The van der Waals surface area contributed by atoms with Crippen LogP contribution in [0.15, 0.2) is 42.6 Å². The molecule has 0 radical (unpaired) electrons. The molecule has 10 heteroatoms. The van der Waals surface area contributed by atoms with Crippen LogP contribution in [0.3, 0.4) is 0 Å². The maximum Gasteiger partial charge on any atom is 0.229 e. The Bertz CT molecular complexity index is 1260. The summed E-state index contributed by atoms with van der Waals surface area (Å²) in [7, 11) is -0.821. The quantitative estimate of drug-likeness (QED) is 0.172. The second-order valence-electron chi connectivity index (χ2n) is 9.10. The van der Waals surface area contributed by atoms with Gasteiger partial charge in [0.25, 0.3) is 0 Å². The number of ether oxygens (including phenoxy) is 1. The number of piperidine rings is 1. The Morgan fingerprint density at radius 1 is 1.14 bits per heavy atom. The molecule has 1 aromatic heterocycles. The van der Waals surface area contributed by atoms with Crippen LogP contribution in [0.1, 0.15) is 29.9 Å². The van der Waals surface area contributed by atoms with E-state index in [1.54, 1.807) is 26.6 Å². The van der Waals surface area contributed by atoms with Gasteiger partial charge in [-0.05, 0) is 74.4 Å². The van der Waals surface area contributed by atoms with E-state index in [2.05, 4.69) is 65.6 Å². The smallest absolute Gasteiger partial charge is 0.229 e. The Labute approximate surface area is 225 Å². The van der Waals surface area contributed by atoms with Crippen molar-refractivity contribution in [2.45, 2.75) is 25.7 Å². The van der Waals surface area contributed by atoms with Gasteiger partial charge >= 0.3 is 0 Å². The number of halogens is 2. The zero-order valence-electron chi connectivity index (χ0n) is 20.3. The van der Waals surface area contributed by atoms with Crippen molar-refractivity contribution >= 4 is 70.1 Å². The van der Waals surface area contributed by atoms with Crippen LogP contribution in [0.2, 0.25) is 5.02 Å². The second-order valence-corrected chi connectivity index (χ2v) is 14.1. The van der Waals surface area contributed by atoms with E-state index in [0.29, 0.717) is 28.4 Å². The summed E-state index contributed by atoms with van der Waals surface area (Å²) in [5.41, 5.74) is 4.04. The maximum atomic E-state index is 12.7. The number of nitrogens with zero attached hydrogens (tertiary/aromatic N) is 3. The number of anilines is 4. The van der Waals surface area contributed by atoms with E-state index >= 15 is 0 Å². The van der Waals surface area contributed by atoms with Crippen LogP contribution < -0.4 is 20.7 Å². The maximum absolute atomic E-state index is 12.7. The van der Waals surface area contributed by atoms with Gasteiger partial charge in [0, 0.05) is 41.3 Å². The monoisotopic (exact) mass is 625 g/mol. The molecule has 2 heterocycles. The molecule has 0 aliphatic carbocycles. The Morgan fingerprint density at radius 3 is 2.54 bits per heavy atom. The van der Waals surface area contributed by atoms with Crippen LogP contribution in [0, 0.1) is 6.92 Å². The molecule has 0 saturated carbocycles. The Hall–Kier alpha value is -1.87. The first-order chi connectivity index (χ1) is 16.7. The number of para-hydroxylation sites is 1. The molecular weight excluding hydrogens is 596 g/mol. The highest BCUT2D eigenvalue weighted by molar-refractivity contribution is 14.1. The molecule has 35 heavy (non-hydrogen) atoms. The molecule has 1 aliphatic rings. The third-order valence-corrected chi connectivity index (χ3v) is 8.99. The van der Waals surface area contributed by atoms with Gasteiger partial charge < -0.3 is 19.9 Å². The summed E-state index contributed by atoms with van der Waals surface area (Å²) in [6, 6.07) is 11.7. The van der Waals surface area contributed by atoms with Crippen LogP contribution in [-0.2, 0) is 4.57 Å². The fraction of sp³-hybridized carbons (Fsp3) is 0.360. The van der Waals surface area contributed by atoms with Gasteiger partial charge in [0.15, 0.2) is 5.82 Å². The molecule has 0 bridgehead atoms. The standard InChI is InChI=1S/C25H30ClIN5O2P/c1-16-13-21(22(34-2)14-18(16)17-9-11-32(27)12-10-17)30-25-28-15-19(26)24(31-25)29-20-7-5-6-8-23(20)35(3,4)33/h5-8,13-15,17H,9-12H2,1-4H3,(H2,28,29,30,31). The van der Waals surface area contributed by atoms with Gasteiger partial charge in [-0.2, -0.15) is 4.98 Å². The Morgan fingerprint density at radius 2 is 1.86 bits per heavy atom. The number of nitrogens with one attached hydrogen (secondary N) is 2. The van der Waals surface area contributed by atoms with Gasteiger partial charge in [-0.15, -0.1) is 0 Å². The van der Waals surface area contributed by atoms with E-state index in [1.165, 1.54) is 11.1 Å². The average molecular weight is 626 g/mol. The third kappa shape index (κ3) is 6.28. The lowest BCUT2D eigenvalue weighted by molar-refractivity contribution is 0.366. The van der Waals surface area contributed by atoms with Crippen molar-refractivity contribution in [3.05, 3.63) is 58.7 Å². The minimum Gasteiger partial charge on any atom is -0.495 e. The fourth-order valence-corrected chi connectivity index (χ4v) is 6.23. The minimum atomic E-state index is -2.50. The number of aryl methyl sites for hydroxylation is 1. The fourth-order valence-electron chi connectivity index (χ4n) is 4.38. The van der Waals surface area contributed by atoms with Gasteiger partial charge in [0.05, 0.1) is 24.7 Å². The van der Waals surface area contributed by atoms with Crippen molar-refractivity contribution in [1.82, 2.24) is 13.1 Å². The molecule has 0 atom stereocenters. The van der Waals surface area contributed by atoms with E-state index in [0.717, 1.165) is 42.7 Å². The van der Waals surface area contributed by atoms with Gasteiger partial charge in [-0.1, -0.05) is 23.7 Å². The first-order valence-electron chi connectivity index (χ1n) is 11.5. The molecule has 3 aromatic rings. The van der Waals surface area contributed by atoms with E-state index < -0.39 is 7.14 Å². The van der Waals surface area contributed by atoms with E-state index in [1.807, 2.05) is 24.3 Å². The zero-order valence-corrected chi connectivity index (χ0v) is 24.1. The van der Waals surface area contributed by atoms with Crippen molar-refractivity contribution in [2.75, 3.05) is 44.2 Å². The van der Waals surface area contributed by atoms with Gasteiger partial charge in [0.1, 0.15) is 17.9 Å². The number of aromatic nitrogens is 2. The lowest BCUT2D eigenvalue weighted by Crippen LogP contribution is -2.25. The lowest BCUT2D eigenvalue weighted by Gasteiger charge is -2.29. The van der Waals surface area contributed by atoms with Crippen LogP contribution in [0.4, 0.5) is 23.1 Å². The van der Waals surface area contributed by atoms with Crippen molar-refractivity contribution in [3.63, 3.8) is 0 Å². The number of hydrogen-bond acceptors (Lipinski definition) is 7. The summed E-state index contributed by atoms with van der Waals surface area (Å²) < 4.78 is 20.8. The molecule has 7 nitrogen and oxygen atoms in total. The predicted molar refractivity (Wildman–Crippen MR) is 154 cm³/mol. The highest BCUT2D eigenvalue weighted by atomic mass is 127. The second kappa shape index (κ2) is 11.0. The first-order valence-corrected chi connectivity index (χ1v) is 15.4. The SMILES string of the molecule is COc1cc(C2CCN(I)CC2)c(C)cc1Nc1ncc(Cl)c(Nc2ccccc2P(C)(C)=O)n1. The summed E-state index contributed by atoms with van der Waals surface area (Å²) >= 11 is 8.80. The Kier molecular flexibility index (Phi) is 8.26. The normalized spacial score (nSPS) is 15.1. The molecule has 1 fully saturated rings. The number of hydrogen-bond donors (Lipinski definition) is 2. The third-order valence-electron chi connectivity index (χ3n) is 6.20. The Balaban J connectivity index is 1.60. The van der Waals surface area contributed by atoms with Gasteiger partial charge in [0.2, 0.25) is 5.95 Å². The van der Waals surface area contributed by atoms with E-state index in [4.69, 9.17) is 16.3 Å². The van der Waals surface area contributed by atoms with E-state index in [9.17, 15) is 4.57 Å².